The molecule has 0 bridgehead atoms. The zero-order valence-corrected chi connectivity index (χ0v) is 20.0. The van der Waals surface area contributed by atoms with Gasteiger partial charge in [0.05, 0.1) is 43.9 Å². The number of ether oxygens (including phenoxy) is 2. The maximum absolute atomic E-state index is 13.3. The minimum Gasteiger partial charge on any atom is -0.497 e. The van der Waals surface area contributed by atoms with Gasteiger partial charge in [-0.2, -0.15) is 0 Å². The summed E-state index contributed by atoms with van der Waals surface area (Å²) in [7, 11) is -3.16. The van der Waals surface area contributed by atoms with Crippen LogP contribution in [0.2, 0.25) is 0 Å². The van der Waals surface area contributed by atoms with Gasteiger partial charge in [-0.15, -0.1) is 0 Å². The second kappa shape index (κ2) is 10.9. The molecule has 1 aliphatic rings. The fourth-order valence-corrected chi connectivity index (χ4v) is 4.95. The van der Waals surface area contributed by atoms with Crippen molar-refractivity contribution >= 4 is 27.3 Å². The summed E-state index contributed by atoms with van der Waals surface area (Å²) in [5, 5.41) is 9.70. The number of carboxylic acid groups (broad SMARTS) is 1. The number of methoxy groups -OCH3 is 1. The Hall–Kier alpha value is -3.43. The number of rotatable bonds is 8. The van der Waals surface area contributed by atoms with Crippen molar-refractivity contribution in [2.24, 2.45) is 5.73 Å². The number of hydrogen-bond acceptors (Lipinski definition) is 9. The molecule has 0 radical (unpaired) electrons. The minimum absolute atomic E-state index is 0.134. The van der Waals surface area contributed by atoms with Crippen LogP contribution in [0.5, 0.6) is 5.75 Å². The molecule has 0 aliphatic carbocycles. The quantitative estimate of drug-likeness (QED) is 0.267. The average molecular weight is 502 g/mol. The zero-order valence-electron chi connectivity index (χ0n) is 19.2. The van der Waals surface area contributed by atoms with Crippen molar-refractivity contribution in [1.82, 2.24) is 4.90 Å². The molecule has 0 spiro atoms. The SMILES string of the molecule is COc1ccc(C(=O)c2ccc(S(=O)(=O)C(N)(CC#CCN3CCOCC3)C(=O)O)c(N)c2)cc1. The molecule has 0 aromatic heterocycles. The number of sulfone groups is 1. The van der Waals surface area contributed by atoms with Gasteiger partial charge in [-0.1, -0.05) is 11.8 Å². The second-order valence-corrected chi connectivity index (χ2v) is 10.1. The number of nitrogen functional groups attached to an aromatic ring is 1. The first-order valence-electron chi connectivity index (χ1n) is 10.7. The predicted molar refractivity (Wildman–Crippen MR) is 129 cm³/mol. The molecule has 1 atom stereocenters. The van der Waals surface area contributed by atoms with Gasteiger partial charge < -0.3 is 26.0 Å². The first kappa shape index (κ1) is 26.2. The number of benzene rings is 2. The van der Waals surface area contributed by atoms with Crippen LogP contribution in [0.15, 0.2) is 47.4 Å². The molecule has 10 nitrogen and oxygen atoms in total. The Bertz CT molecular complexity index is 1260. The number of ketones is 1. The van der Waals surface area contributed by atoms with Gasteiger partial charge >= 0.3 is 5.97 Å². The highest BCUT2D eigenvalue weighted by Gasteiger charge is 2.49. The highest BCUT2D eigenvalue weighted by molar-refractivity contribution is 7.93. The van der Waals surface area contributed by atoms with Crippen molar-refractivity contribution in [2.45, 2.75) is 16.2 Å². The van der Waals surface area contributed by atoms with Gasteiger partial charge in [-0.3, -0.25) is 9.69 Å². The third-order valence-electron chi connectivity index (χ3n) is 5.64. The molecule has 186 valence electrons. The van der Waals surface area contributed by atoms with E-state index in [1.807, 2.05) is 4.90 Å². The molecule has 2 aromatic carbocycles. The lowest BCUT2D eigenvalue weighted by Gasteiger charge is -2.25. The molecule has 11 heteroatoms. The van der Waals surface area contributed by atoms with E-state index in [1.165, 1.54) is 19.2 Å². The normalized spacial score (nSPS) is 15.9. The Morgan fingerprint density at radius 3 is 2.31 bits per heavy atom. The van der Waals surface area contributed by atoms with Crippen molar-refractivity contribution in [3.05, 3.63) is 53.6 Å². The minimum atomic E-state index is -4.66. The molecule has 2 aromatic rings. The topological polar surface area (TPSA) is 162 Å². The molecule has 35 heavy (non-hydrogen) atoms. The summed E-state index contributed by atoms with van der Waals surface area (Å²) in [6.07, 6.45) is -0.638. The molecule has 0 amide bonds. The molecule has 1 heterocycles. The summed E-state index contributed by atoms with van der Waals surface area (Å²) in [5.41, 5.74) is 12.0. The summed E-state index contributed by atoms with van der Waals surface area (Å²) in [4.78, 5) is 23.5. The average Bonchev–Trinajstić information content (AvgIpc) is 2.86. The molecule has 5 N–H and O–H groups in total. The Labute approximate surface area is 203 Å². The first-order chi connectivity index (χ1) is 16.6. The molecule has 1 fully saturated rings. The molecule has 1 aliphatic heterocycles. The summed E-state index contributed by atoms with van der Waals surface area (Å²) in [6, 6.07) is 9.90. The van der Waals surface area contributed by atoms with Crippen molar-refractivity contribution in [2.75, 3.05) is 45.7 Å². The van der Waals surface area contributed by atoms with Gasteiger partial charge in [-0.05, 0) is 42.5 Å². The zero-order chi connectivity index (χ0) is 25.6. The largest absolute Gasteiger partial charge is 0.497 e. The molecule has 0 saturated carbocycles. The van der Waals surface area contributed by atoms with Crippen LogP contribution in [0.25, 0.3) is 0 Å². The fraction of sp³-hybridized carbons (Fsp3) is 0.333. The van der Waals surface area contributed by atoms with E-state index in [4.69, 9.17) is 20.9 Å². The van der Waals surface area contributed by atoms with Gasteiger partial charge in [0.1, 0.15) is 5.75 Å². The van der Waals surface area contributed by atoms with E-state index < -0.39 is 37.8 Å². The van der Waals surface area contributed by atoms with Gasteiger partial charge in [0, 0.05) is 24.2 Å². The van der Waals surface area contributed by atoms with E-state index in [2.05, 4.69) is 11.8 Å². The van der Waals surface area contributed by atoms with E-state index in [1.54, 1.807) is 24.3 Å². The van der Waals surface area contributed by atoms with Gasteiger partial charge in [0.15, 0.2) is 5.78 Å². The third kappa shape index (κ3) is 5.63. The van der Waals surface area contributed by atoms with Gasteiger partial charge in [0.2, 0.25) is 14.7 Å². The molecular weight excluding hydrogens is 474 g/mol. The number of anilines is 1. The van der Waals surface area contributed by atoms with Crippen LogP contribution in [0.4, 0.5) is 5.69 Å². The van der Waals surface area contributed by atoms with Crippen LogP contribution >= 0.6 is 0 Å². The van der Waals surface area contributed by atoms with Crippen molar-refractivity contribution < 1.29 is 32.6 Å². The summed E-state index contributed by atoms with van der Waals surface area (Å²) in [5.74, 6) is 3.79. The van der Waals surface area contributed by atoms with Crippen molar-refractivity contribution in [1.29, 1.82) is 0 Å². The Kier molecular flexibility index (Phi) is 8.14. The number of carbonyl (C=O) groups is 2. The van der Waals surface area contributed by atoms with Gasteiger partial charge in [-0.25, -0.2) is 13.2 Å². The van der Waals surface area contributed by atoms with Crippen LogP contribution in [-0.4, -0.2) is 75.0 Å². The number of nitrogens with zero attached hydrogens (tertiary/aromatic N) is 1. The first-order valence-corrected chi connectivity index (χ1v) is 12.2. The second-order valence-electron chi connectivity index (χ2n) is 7.93. The maximum Gasteiger partial charge on any atom is 0.340 e. The van der Waals surface area contributed by atoms with Crippen LogP contribution in [0.3, 0.4) is 0 Å². The highest BCUT2D eigenvalue weighted by Crippen LogP contribution is 2.30. The molecular formula is C24H27N3O7S. The maximum atomic E-state index is 13.3. The molecule has 1 unspecified atom stereocenters. The van der Waals surface area contributed by atoms with Crippen molar-refractivity contribution in [3.63, 3.8) is 0 Å². The fourth-order valence-electron chi connectivity index (χ4n) is 3.45. The summed E-state index contributed by atoms with van der Waals surface area (Å²) < 4.78 is 36.8. The number of carbonyl (C=O) groups excluding carboxylic acids is 1. The molecule has 3 rings (SSSR count). The van der Waals surface area contributed by atoms with E-state index >= 15 is 0 Å². The van der Waals surface area contributed by atoms with E-state index in [0.29, 0.717) is 44.2 Å². The Balaban J connectivity index is 1.83. The monoisotopic (exact) mass is 501 g/mol. The summed E-state index contributed by atoms with van der Waals surface area (Å²) in [6.45, 7) is 2.84. The number of aliphatic carboxylic acids is 1. The number of nitrogens with two attached hydrogens (primary N) is 2. The highest BCUT2D eigenvalue weighted by atomic mass is 32.2. The smallest absolute Gasteiger partial charge is 0.340 e. The lowest BCUT2D eigenvalue weighted by molar-refractivity contribution is -0.139. The standard InChI is InChI=1S/C24H27N3O7S/c1-33-19-7-4-17(5-8-19)22(28)18-6-9-21(20(25)16-18)35(31,32)24(26,23(29)30)10-2-3-11-27-12-14-34-15-13-27/h4-9,16H,10-15,25-26H2,1H3,(H,29,30). The van der Waals surface area contributed by atoms with Crippen LogP contribution < -0.4 is 16.2 Å². The van der Waals surface area contributed by atoms with Crippen LogP contribution in [-0.2, 0) is 19.4 Å². The van der Waals surface area contributed by atoms with E-state index in [9.17, 15) is 23.1 Å². The third-order valence-corrected chi connectivity index (χ3v) is 7.87. The van der Waals surface area contributed by atoms with E-state index in [-0.39, 0.29) is 11.3 Å². The summed E-state index contributed by atoms with van der Waals surface area (Å²) >= 11 is 0. The van der Waals surface area contributed by atoms with E-state index in [0.717, 1.165) is 6.07 Å². The number of morpholine rings is 1. The Morgan fingerprint density at radius 2 is 1.74 bits per heavy atom. The Morgan fingerprint density at radius 1 is 1.11 bits per heavy atom. The van der Waals surface area contributed by atoms with Crippen LogP contribution in [0, 0.1) is 11.8 Å². The molecule has 1 saturated heterocycles. The number of hydrogen-bond donors (Lipinski definition) is 3. The predicted octanol–water partition coefficient (Wildman–Crippen LogP) is 0.747. The van der Waals surface area contributed by atoms with Crippen molar-refractivity contribution in [3.8, 4) is 17.6 Å². The lowest BCUT2D eigenvalue weighted by atomic mass is 10.0. The van der Waals surface area contributed by atoms with Gasteiger partial charge in [0.25, 0.3) is 0 Å². The van der Waals surface area contributed by atoms with Crippen LogP contribution in [0.1, 0.15) is 22.3 Å². The lowest BCUT2D eigenvalue weighted by Crippen LogP contribution is -2.54. The number of carboxylic acids is 1.